The summed E-state index contributed by atoms with van der Waals surface area (Å²) in [5, 5.41) is 5.78. The number of ketones is 3. The van der Waals surface area contributed by atoms with E-state index in [1.54, 1.807) is 12.2 Å². The molecule has 3 rings (SSSR count). The number of carbonyl (C=O) groups is 5. The molecule has 3 fully saturated rings. The molecule has 0 aromatic carbocycles. The second kappa shape index (κ2) is 13.9. The van der Waals surface area contributed by atoms with Crippen LogP contribution in [-0.2, 0) is 19.2 Å². The van der Waals surface area contributed by atoms with Crippen LogP contribution in [0.4, 0.5) is 4.79 Å². The molecule has 0 bridgehead atoms. The van der Waals surface area contributed by atoms with Crippen LogP contribution in [0.25, 0.3) is 0 Å². The molecule has 0 spiro atoms. The predicted octanol–water partition coefficient (Wildman–Crippen LogP) is 5.31. The van der Waals surface area contributed by atoms with Crippen LogP contribution < -0.4 is 10.6 Å². The van der Waals surface area contributed by atoms with Crippen molar-refractivity contribution in [2.45, 2.75) is 107 Å². The number of Topliss-reactive ketones (excluding diaryl/α,β-unsaturated/α-hetero) is 3. The fourth-order valence-electron chi connectivity index (χ4n) is 6.34. The molecule has 3 amide bonds. The average Bonchev–Trinajstić information content (AvgIpc) is 3.23. The van der Waals surface area contributed by atoms with Crippen molar-refractivity contribution in [3.05, 3.63) is 25.3 Å². The van der Waals surface area contributed by atoms with Gasteiger partial charge in [-0.05, 0) is 58.8 Å². The molecule has 5 atom stereocenters. The minimum atomic E-state index is -1.14. The number of hydrogen-bond acceptors (Lipinski definition) is 5. The van der Waals surface area contributed by atoms with Gasteiger partial charge in [0, 0.05) is 42.7 Å². The summed E-state index contributed by atoms with van der Waals surface area (Å²) in [6, 6.07) is -2.17. The van der Waals surface area contributed by atoms with Crippen LogP contribution in [0.15, 0.2) is 25.3 Å². The maximum atomic E-state index is 14.2. The Kier molecular flexibility index (Phi) is 11.3. The van der Waals surface area contributed by atoms with E-state index in [1.165, 1.54) is 4.90 Å². The van der Waals surface area contributed by atoms with E-state index >= 15 is 0 Å². The molecule has 1 saturated heterocycles. The van der Waals surface area contributed by atoms with E-state index in [0.29, 0.717) is 19.3 Å². The van der Waals surface area contributed by atoms with E-state index in [4.69, 9.17) is 23.2 Å². The Morgan fingerprint density at radius 1 is 1.02 bits per heavy atom. The smallest absolute Gasteiger partial charge is 0.315 e. The van der Waals surface area contributed by atoms with Crippen LogP contribution in [0.2, 0.25) is 0 Å². The quantitative estimate of drug-likeness (QED) is 0.157. The Hall–Kier alpha value is -2.19. The number of nitrogens with one attached hydrogen (secondary N) is 2. The summed E-state index contributed by atoms with van der Waals surface area (Å²) in [7, 11) is 0. The van der Waals surface area contributed by atoms with E-state index in [0.717, 1.165) is 32.1 Å². The van der Waals surface area contributed by atoms with Crippen LogP contribution in [0.1, 0.15) is 85.0 Å². The zero-order valence-electron chi connectivity index (χ0n) is 24.6. The van der Waals surface area contributed by atoms with Gasteiger partial charge in [-0.1, -0.05) is 31.4 Å². The molecule has 0 aromatic heterocycles. The number of likely N-dealkylation sites (tertiary alicyclic amines) is 1. The third kappa shape index (κ3) is 8.22. The maximum absolute atomic E-state index is 14.2. The van der Waals surface area contributed by atoms with Gasteiger partial charge in [-0.25, -0.2) is 4.79 Å². The highest BCUT2D eigenvalue weighted by molar-refractivity contribution is 6.51. The van der Waals surface area contributed by atoms with Crippen LogP contribution in [-0.4, -0.2) is 62.7 Å². The van der Waals surface area contributed by atoms with Crippen LogP contribution in [0.3, 0.4) is 0 Å². The summed E-state index contributed by atoms with van der Waals surface area (Å²) in [4.78, 5) is 68.0. The molecule has 228 valence electrons. The lowest BCUT2D eigenvalue weighted by Gasteiger charge is -2.37. The molecular weight excluding hydrogens is 565 g/mol. The number of halogens is 2. The highest BCUT2D eigenvalue weighted by Gasteiger charge is 2.73. The number of urea groups is 1. The van der Waals surface area contributed by atoms with Gasteiger partial charge in [0.2, 0.25) is 11.7 Å². The number of hydrogen-bond donors (Lipinski definition) is 2. The van der Waals surface area contributed by atoms with Gasteiger partial charge in [-0.2, -0.15) is 0 Å². The summed E-state index contributed by atoms with van der Waals surface area (Å²) in [5.41, 5.74) is -0.495. The van der Waals surface area contributed by atoms with E-state index < -0.39 is 51.4 Å². The number of carbonyl (C=O) groups excluding carboxylic acids is 5. The van der Waals surface area contributed by atoms with Crippen molar-refractivity contribution in [3.8, 4) is 0 Å². The summed E-state index contributed by atoms with van der Waals surface area (Å²) in [6.45, 7) is 13.1. The van der Waals surface area contributed by atoms with Gasteiger partial charge in [-0.3, -0.25) is 19.2 Å². The SMILES string of the molecule is C=CCCC(=O)C(=O)C(CCC=C)CC(=O)[C@@H]1[C@@H]2[C@H](CN1C(=O)[C@@H](NC(=O)NC(C)(C)C)C1CCCCC1)C2(Cl)Cl. The van der Waals surface area contributed by atoms with Gasteiger partial charge in [0.05, 0.1) is 6.04 Å². The minimum Gasteiger partial charge on any atom is -0.334 e. The number of nitrogens with zero attached hydrogens (tertiary/aromatic N) is 1. The van der Waals surface area contributed by atoms with Gasteiger partial charge < -0.3 is 15.5 Å². The Bertz CT molecular complexity index is 1050. The number of allylic oxidation sites excluding steroid dienone is 2. The van der Waals surface area contributed by atoms with Crippen molar-refractivity contribution in [3.63, 3.8) is 0 Å². The minimum absolute atomic E-state index is 0.0394. The molecule has 1 aliphatic heterocycles. The average molecular weight is 611 g/mol. The third-order valence-electron chi connectivity index (χ3n) is 8.50. The highest BCUT2D eigenvalue weighted by Crippen LogP contribution is 2.65. The van der Waals surface area contributed by atoms with E-state index in [2.05, 4.69) is 23.8 Å². The first-order chi connectivity index (χ1) is 19.2. The van der Waals surface area contributed by atoms with Crippen molar-refractivity contribution in [1.82, 2.24) is 15.5 Å². The van der Waals surface area contributed by atoms with Gasteiger partial charge in [0.1, 0.15) is 10.4 Å². The molecule has 10 heteroatoms. The molecule has 3 aliphatic rings. The largest absolute Gasteiger partial charge is 0.334 e. The Labute approximate surface area is 254 Å². The molecule has 0 aromatic rings. The molecule has 2 aliphatic carbocycles. The number of amides is 3. The van der Waals surface area contributed by atoms with Crippen molar-refractivity contribution in [2.24, 2.45) is 23.7 Å². The lowest BCUT2D eigenvalue weighted by atomic mass is 9.82. The van der Waals surface area contributed by atoms with E-state index in [-0.39, 0.29) is 42.9 Å². The molecule has 2 saturated carbocycles. The van der Waals surface area contributed by atoms with Crippen LogP contribution in [0, 0.1) is 23.7 Å². The Morgan fingerprint density at radius 2 is 1.66 bits per heavy atom. The molecule has 41 heavy (non-hydrogen) atoms. The van der Waals surface area contributed by atoms with Crippen LogP contribution >= 0.6 is 23.2 Å². The summed E-state index contributed by atoms with van der Waals surface area (Å²) in [5.74, 6) is -3.42. The Morgan fingerprint density at radius 3 is 2.24 bits per heavy atom. The monoisotopic (exact) mass is 609 g/mol. The molecular formula is C31H45Cl2N3O5. The first-order valence-corrected chi connectivity index (χ1v) is 15.6. The van der Waals surface area contributed by atoms with Gasteiger partial charge in [0.15, 0.2) is 11.6 Å². The lowest BCUT2D eigenvalue weighted by Crippen LogP contribution is -2.59. The fraction of sp³-hybridized carbons (Fsp3) is 0.710. The van der Waals surface area contributed by atoms with Crippen molar-refractivity contribution >= 4 is 52.5 Å². The normalized spacial score (nSPS) is 24.9. The van der Waals surface area contributed by atoms with Gasteiger partial charge >= 0.3 is 6.03 Å². The number of rotatable bonds is 14. The zero-order chi connectivity index (χ0) is 30.5. The topological polar surface area (TPSA) is 113 Å². The lowest BCUT2D eigenvalue weighted by molar-refractivity contribution is -0.143. The number of fused-ring (bicyclic) bond motifs is 1. The zero-order valence-corrected chi connectivity index (χ0v) is 26.1. The molecule has 1 heterocycles. The first kappa shape index (κ1) is 33.3. The first-order valence-electron chi connectivity index (χ1n) is 14.8. The molecule has 2 N–H and O–H groups in total. The number of alkyl halides is 2. The van der Waals surface area contributed by atoms with Gasteiger partial charge in [-0.15, -0.1) is 36.4 Å². The summed E-state index contributed by atoms with van der Waals surface area (Å²) in [6.07, 6.45) is 8.80. The fourth-order valence-corrected chi connectivity index (χ4v) is 7.17. The summed E-state index contributed by atoms with van der Waals surface area (Å²) >= 11 is 13.1. The van der Waals surface area contributed by atoms with Crippen LogP contribution in [0.5, 0.6) is 0 Å². The molecule has 8 nitrogen and oxygen atoms in total. The van der Waals surface area contributed by atoms with Crippen molar-refractivity contribution in [1.29, 1.82) is 0 Å². The molecule has 1 unspecified atom stereocenters. The third-order valence-corrected chi connectivity index (χ3v) is 9.56. The second-order valence-electron chi connectivity index (χ2n) is 12.8. The second-order valence-corrected chi connectivity index (χ2v) is 14.3. The van der Waals surface area contributed by atoms with E-state index in [9.17, 15) is 24.0 Å². The number of piperidine rings is 1. The predicted molar refractivity (Wildman–Crippen MR) is 161 cm³/mol. The van der Waals surface area contributed by atoms with E-state index in [1.807, 2.05) is 20.8 Å². The van der Waals surface area contributed by atoms with Gasteiger partial charge in [0.25, 0.3) is 0 Å². The highest BCUT2D eigenvalue weighted by atomic mass is 35.5. The standard InChI is InChI=1S/C31H45Cl2N3O5/c1-6-8-13-20(27(39)22(37)16-9-7-2)17-23(38)26-24-21(31(24,32)33)18-36(26)28(40)25(19-14-11-10-12-15-19)34-29(41)35-30(3,4)5/h6-7,19-21,24-26H,1-2,8-18H2,3-5H3,(H2,34,35,41)/t20?,21-,24-,25-,26+/m0/s1. The van der Waals surface area contributed by atoms with Crippen molar-refractivity contribution in [2.75, 3.05) is 6.54 Å². The Balaban J connectivity index is 1.85. The van der Waals surface area contributed by atoms with Crippen molar-refractivity contribution < 1.29 is 24.0 Å². The summed E-state index contributed by atoms with van der Waals surface area (Å²) < 4.78 is -1.14. The maximum Gasteiger partial charge on any atom is 0.315 e. The molecule has 0 radical (unpaired) electrons.